The highest BCUT2D eigenvalue weighted by molar-refractivity contribution is 9.09. The van der Waals surface area contributed by atoms with Crippen LogP contribution in [0.25, 0.3) is 0 Å². The maximum absolute atomic E-state index is 12.4. The molecule has 0 heterocycles. The van der Waals surface area contributed by atoms with Crippen molar-refractivity contribution in [2.45, 2.75) is 56.8 Å². The third-order valence-electron chi connectivity index (χ3n) is 2.99. The SMILES string of the molecule is CC(C)NS(=O)(=O)c1ccccc1CC(Br)C(C)(C)C. The highest BCUT2D eigenvalue weighted by Gasteiger charge is 2.25. The van der Waals surface area contributed by atoms with Gasteiger partial charge in [-0.25, -0.2) is 13.1 Å². The molecule has 0 aliphatic heterocycles. The van der Waals surface area contributed by atoms with E-state index in [1.54, 1.807) is 12.1 Å². The normalized spacial score (nSPS) is 14.6. The molecule has 0 aliphatic carbocycles. The lowest BCUT2D eigenvalue weighted by molar-refractivity contribution is 0.396. The average Bonchev–Trinajstić information content (AvgIpc) is 2.26. The number of nitrogens with one attached hydrogen (secondary N) is 1. The number of halogens is 1. The first kappa shape index (κ1) is 17.7. The van der Waals surface area contributed by atoms with Crippen LogP contribution < -0.4 is 4.72 Å². The quantitative estimate of drug-likeness (QED) is 0.812. The molecule has 1 rings (SSSR count). The van der Waals surface area contributed by atoms with E-state index in [0.29, 0.717) is 11.3 Å². The van der Waals surface area contributed by atoms with Gasteiger partial charge in [-0.1, -0.05) is 54.9 Å². The van der Waals surface area contributed by atoms with Crippen LogP contribution in [0.4, 0.5) is 0 Å². The molecule has 20 heavy (non-hydrogen) atoms. The maximum Gasteiger partial charge on any atom is 0.241 e. The zero-order valence-corrected chi connectivity index (χ0v) is 15.2. The Morgan fingerprint density at radius 3 is 2.25 bits per heavy atom. The summed E-state index contributed by atoms with van der Waals surface area (Å²) in [6.07, 6.45) is 0.679. The lowest BCUT2D eigenvalue weighted by Crippen LogP contribution is -2.31. The molecule has 1 aromatic carbocycles. The first-order chi connectivity index (χ1) is 9.04. The predicted molar refractivity (Wildman–Crippen MR) is 87.8 cm³/mol. The number of alkyl halides is 1. The van der Waals surface area contributed by atoms with Crippen molar-refractivity contribution in [1.82, 2.24) is 4.72 Å². The second kappa shape index (κ2) is 6.58. The zero-order valence-electron chi connectivity index (χ0n) is 12.8. The molecule has 0 spiro atoms. The molecule has 0 amide bonds. The molecule has 1 atom stereocenters. The summed E-state index contributed by atoms with van der Waals surface area (Å²) in [5.74, 6) is 0. The molecular weight excluding hydrogens is 338 g/mol. The monoisotopic (exact) mass is 361 g/mol. The minimum absolute atomic E-state index is 0.0718. The van der Waals surface area contributed by atoms with Crippen LogP contribution in [0.2, 0.25) is 0 Å². The van der Waals surface area contributed by atoms with Crippen LogP contribution in [0, 0.1) is 5.41 Å². The summed E-state index contributed by atoms with van der Waals surface area (Å²) in [5.41, 5.74) is 0.917. The molecule has 0 saturated heterocycles. The zero-order chi connectivity index (χ0) is 15.6. The Hall–Kier alpha value is -0.390. The molecule has 0 bridgehead atoms. The van der Waals surface area contributed by atoms with E-state index in [2.05, 4.69) is 41.4 Å². The number of sulfonamides is 1. The van der Waals surface area contributed by atoms with Gasteiger partial charge in [0.15, 0.2) is 0 Å². The third-order valence-corrected chi connectivity index (χ3v) is 6.45. The van der Waals surface area contributed by atoms with Crippen LogP contribution in [-0.4, -0.2) is 19.3 Å². The van der Waals surface area contributed by atoms with Gasteiger partial charge in [0.2, 0.25) is 10.0 Å². The van der Waals surface area contributed by atoms with Crippen LogP contribution >= 0.6 is 15.9 Å². The Kier molecular flexibility index (Phi) is 5.81. The summed E-state index contributed by atoms with van der Waals surface area (Å²) >= 11 is 3.67. The Morgan fingerprint density at radius 1 is 1.20 bits per heavy atom. The summed E-state index contributed by atoms with van der Waals surface area (Å²) < 4.78 is 27.4. The van der Waals surface area contributed by atoms with E-state index in [0.717, 1.165) is 5.56 Å². The lowest BCUT2D eigenvalue weighted by Gasteiger charge is -2.26. The van der Waals surface area contributed by atoms with Crippen molar-refractivity contribution < 1.29 is 8.42 Å². The van der Waals surface area contributed by atoms with Crippen molar-refractivity contribution >= 4 is 26.0 Å². The number of benzene rings is 1. The molecular formula is C15H24BrNO2S. The minimum Gasteiger partial charge on any atom is -0.209 e. The molecule has 0 aliphatic rings. The van der Waals surface area contributed by atoms with Gasteiger partial charge in [0.25, 0.3) is 0 Å². The fourth-order valence-electron chi connectivity index (χ4n) is 1.81. The molecule has 0 saturated carbocycles. The van der Waals surface area contributed by atoms with Crippen molar-refractivity contribution in [3.63, 3.8) is 0 Å². The minimum atomic E-state index is -3.45. The van der Waals surface area contributed by atoms with E-state index in [1.165, 1.54) is 0 Å². The van der Waals surface area contributed by atoms with Crippen LogP contribution in [0.15, 0.2) is 29.2 Å². The highest BCUT2D eigenvalue weighted by Crippen LogP contribution is 2.30. The van der Waals surface area contributed by atoms with Crippen molar-refractivity contribution in [2.75, 3.05) is 0 Å². The van der Waals surface area contributed by atoms with Gasteiger partial charge in [-0.2, -0.15) is 0 Å². The van der Waals surface area contributed by atoms with Gasteiger partial charge in [0, 0.05) is 10.9 Å². The summed E-state index contributed by atoms with van der Waals surface area (Å²) in [6, 6.07) is 7.08. The van der Waals surface area contributed by atoms with Crippen molar-refractivity contribution in [2.24, 2.45) is 5.41 Å². The van der Waals surface area contributed by atoms with Gasteiger partial charge < -0.3 is 0 Å². The topological polar surface area (TPSA) is 46.2 Å². The molecule has 1 N–H and O–H groups in total. The van der Waals surface area contributed by atoms with Crippen molar-refractivity contribution in [1.29, 1.82) is 0 Å². The Labute approximate surface area is 131 Å². The summed E-state index contributed by atoms with van der Waals surface area (Å²) in [7, 11) is -3.45. The lowest BCUT2D eigenvalue weighted by atomic mass is 9.88. The first-order valence-corrected chi connectivity index (χ1v) is 9.18. The summed E-state index contributed by atoms with van der Waals surface area (Å²) in [6.45, 7) is 10.0. The first-order valence-electron chi connectivity index (χ1n) is 6.78. The van der Waals surface area contributed by atoms with Crippen LogP contribution in [0.1, 0.15) is 40.2 Å². The number of hydrogen-bond donors (Lipinski definition) is 1. The van der Waals surface area contributed by atoms with E-state index in [1.807, 2.05) is 26.0 Å². The Balaban J connectivity index is 3.12. The largest absolute Gasteiger partial charge is 0.241 e. The van der Waals surface area contributed by atoms with E-state index in [-0.39, 0.29) is 16.3 Å². The summed E-state index contributed by atoms with van der Waals surface area (Å²) in [4.78, 5) is 0.591. The molecule has 0 fully saturated rings. The maximum atomic E-state index is 12.4. The van der Waals surface area contributed by atoms with Gasteiger partial charge in [-0.15, -0.1) is 0 Å². The van der Waals surface area contributed by atoms with Crippen LogP contribution in [0.3, 0.4) is 0 Å². The molecule has 0 aromatic heterocycles. The Bertz CT molecular complexity index is 547. The standard InChI is InChI=1S/C15H24BrNO2S/c1-11(2)17-20(18,19)13-9-7-6-8-12(13)10-14(16)15(3,4)5/h6-9,11,14,17H,10H2,1-5H3. The van der Waals surface area contributed by atoms with E-state index < -0.39 is 10.0 Å². The van der Waals surface area contributed by atoms with Gasteiger partial charge in [-0.05, 0) is 37.3 Å². The smallest absolute Gasteiger partial charge is 0.209 e. The van der Waals surface area contributed by atoms with Gasteiger partial charge in [-0.3, -0.25) is 0 Å². The van der Waals surface area contributed by atoms with Crippen molar-refractivity contribution in [3.05, 3.63) is 29.8 Å². The second-order valence-corrected chi connectivity index (χ2v) is 9.21. The van der Waals surface area contributed by atoms with Crippen LogP contribution in [-0.2, 0) is 16.4 Å². The predicted octanol–water partition coefficient (Wildman–Crippen LogP) is 3.73. The Morgan fingerprint density at radius 2 is 1.75 bits per heavy atom. The number of rotatable bonds is 5. The fraction of sp³-hybridized carbons (Fsp3) is 0.600. The molecule has 1 aromatic rings. The molecule has 1 unspecified atom stereocenters. The van der Waals surface area contributed by atoms with Crippen LogP contribution in [0.5, 0.6) is 0 Å². The van der Waals surface area contributed by atoms with E-state index in [9.17, 15) is 8.42 Å². The highest BCUT2D eigenvalue weighted by atomic mass is 79.9. The second-order valence-electron chi connectivity index (χ2n) is 6.42. The summed E-state index contributed by atoms with van der Waals surface area (Å²) in [5, 5.41) is 0. The van der Waals surface area contributed by atoms with Crippen molar-refractivity contribution in [3.8, 4) is 0 Å². The third kappa shape index (κ3) is 4.86. The molecule has 114 valence electrons. The average molecular weight is 362 g/mol. The van der Waals surface area contributed by atoms with E-state index >= 15 is 0 Å². The molecule has 5 heteroatoms. The van der Waals surface area contributed by atoms with Gasteiger partial charge >= 0.3 is 0 Å². The number of hydrogen-bond acceptors (Lipinski definition) is 2. The fourth-order valence-corrected chi connectivity index (χ4v) is 3.66. The molecule has 0 radical (unpaired) electrons. The van der Waals surface area contributed by atoms with E-state index in [4.69, 9.17) is 0 Å². The molecule has 3 nitrogen and oxygen atoms in total. The van der Waals surface area contributed by atoms with Gasteiger partial charge in [0.1, 0.15) is 0 Å². The van der Waals surface area contributed by atoms with Gasteiger partial charge in [0.05, 0.1) is 4.90 Å².